The fourth-order valence-corrected chi connectivity index (χ4v) is 4.51. The van der Waals surface area contributed by atoms with Crippen LogP contribution < -0.4 is 11.2 Å². The molecule has 0 aromatic carbocycles. The van der Waals surface area contributed by atoms with Crippen molar-refractivity contribution in [3.8, 4) is 0 Å². The largest absolute Gasteiger partial charge is 0.332 e. The Morgan fingerprint density at radius 1 is 1.00 bits per heavy atom. The summed E-state index contributed by atoms with van der Waals surface area (Å²) in [6.45, 7) is 11.5. The lowest BCUT2D eigenvalue weighted by atomic mass is 10.1. The first kappa shape index (κ1) is 19.0. The summed E-state index contributed by atoms with van der Waals surface area (Å²) in [7, 11) is 1.70. The van der Waals surface area contributed by atoms with Crippen LogP contribution in [0.15, 0.2) is 9.59 Å². The predicted octanol–water partition coefficient (Wildman–Crippen LogP) is 1.83. The third-order valence-electron chi connectivity index (χ3n) is 6.17. The highest BCUT2D eigenvalue weighted by Crippen LogP contribution is 2.23. The van der Waals surface area contributed by atoms with Gasteiger partial charge in [0.05, 0.1) is 0 Å². The summed E-state index contributed by atoms with van der Waals surface area (Å²) < 4.78 is 6.94. The molecule has 0 N–H and O–H groups in total. The van der Waals surface area contributed by atoms with E-state index < -0.39 is 0 Å². The van der Waals surface area contributed by atoms with Crippen LogP contribution in [0, 0.1) is 13.8 Å². The molecular formula is C20H30N6O2. The third-order valence-corrected chi connectivity index (χ3v) is 6.17. The van der Waals surface area contributed by atoms with Crippen molar-refractivity contribution < 1.29 is 0 Å². The van der Waals surface area contributed by atoms with Crippen molar-refractivity contribution in [2.24, 2.45) is 7.05 Å². The Balaban J connectivity index is 1.90. The molecule has 0 amide bonds. The Labute approximate surface area is 164 Å². The molecule has 1 aliphatic heterocycles. The average Bonchev–Trinajstić information content (AvgIpc) is 3.16. The normalized spacial score (nSPS) is 16.1. The van der Waals surface area contributed by atoms with Crippen LogP contribution in [0.2, 0.25) is 0 Å². The van der Waals surface area contributed by atoms with Gasteiger partial charge in [0.15, 0.2) is 11.2 Å². The lowest BCUT2D eigenvalue weighted by Gasteiger charge is -2.26. The highest BCUT2D eigenvalue weighted by molar-refractivity contribution is 5.76. The zero-order valence-corrected chi connectivity index (χ0v) is 17.5. The van der Waals surface area contributed by atoms with E-state index >= 15 is 0 Å². The zero-order valence-electron chi connectivity index (χ0n) is 17.5. The van der Waals surface area contributed by atoms with Gasteiger partial charge in [-0.25, -0.2) is 4.79 Å². The molecule has 8 nitrogen and oxygen atoms in total. The van der Waals surface area contributed by atoms with Gasteiger partial charge in [0, 0.05) is 37.6 Å². The second-order valence-electron chi connectivity index (χ2n) is 8.25. The molecule has 8 heteroatoms. The molecule has 3 aromatic heterocycles. The van der Waals surface area contributed by atoms with Gasteiger partial charge >= 0.3 is 5.69 Å². The van der Waals surface area contributed by atoms with Crippen molar-refractivity contribution in [3.05, 3.63) is 32.2 Å². The van der Waals surface area contributed by atoms with Crippen LogP contribution in [0.5, 0.6) is 0 Å². The molecule has 0 aliphatic carbocycles. The Morgan fingerprint density at radius 2 is 1.68 bits per heavy atom. The van der Waals surface area contributed by atoms with E-state index in [4.69, 9.17) is 4.98 Å². The number of hydrogen-bond donors (Lipinski definition) is 0. The van der Waals surface area contributed by atoms with E-state index in [1.807, 2.05) is 18.2 Å². The number of piperidine rings is 1. The van der Waals surface area contributed by atoms with Crippen LogP contribution in [0.1, 0.15) is 50.5 Å². The number of rotatable bonds is 4. The minimum absolute atomic E-state index is 0.214. The number of imidazole rings is 2. The van der Waals surface area contributed by atoms with Gasteiger partial charge in [-0.2, -0.15) is 4.98 Å². The van der Waals surface area contributed by atoms with Gasteiger partial charge in [-0.1, -0.05) is 6.42 Å². The second kappa shape index (κ2) is 6.92. The van der Waals surface area contributed by atoms with Gasteiger partial charge in [0.2, 0.25) is 5.78 Å². The molecule has 28 heavy (non-hydrogen) atoms. The summed E-state index contributed by atoms with van der Waals surface area (Å²) in [6, 6.07) is 0.214. The highest BCUT2D eigenvalue weighted by Gasteiger charge is 2.23. The van der Waals surface area contributed by atoms with E-state index in [0.717, 1.165) is 36.8 Å². The maximum Gasteiger partial charge on any atom is 0.332 e. The first-order valence-corrected chi connectivity index (χ1v) is 10.2. The summed E-state index contributed by atoms with van der Waals surface area (Å²) in [5.41, 5.74) is 2.50. The van der Waals surface area contributed by atoms with Crippen molar-refractivity contribution in [2.75, 3.05) is 19.6 Å². The quantitative estimate of drug-likeness (QED) is 0.686. The van der Waals surface area contributed by atoms with Crippen LogP contribution in [0.25, 0.3) is 16.9 Å². The second-order valence-corrected chi connectivity index (χ2v) is 8.25. The summed E-state index contributed by atoms with van der Waals surface area (Å²) in [5.74, 6) is 0.723. The van der Waals surface area contributed by atoms with Crippen LogP contribution in [-0.4, -0.2) is 47.6 Å². The van der Waals surface area contributed by atoms with Crippen molar-refractivity contribution in [3.63, 3.8) is 0 Å². The lowest BCUT2D eigenvalue weighted by Crippen LogP contribution is -2.43. The standard InChI is InChI=1S/C20H30N6O2/c1-13(2)25-14(3)15(4)26-16-17(21-19(25)26)22(5)20(28)24(18(16)27)12-11-23-9-7-6-8-10-23/h13H,6-12H2,1-5H3. The van der Waals surface area contributed by atoms with Crippen LogP contribution >= 0.6 is 0 Å². The maximum atomic E-state index is 13.4. The molecule has 0 unspecified atom stereocenters. The molecule has 0 spiro atoms. The van der Waals surface area contributed by atoms with Gasteiger partial charge in [-0.3, -0.25) is 18.3 Å². The molecule has 1 fully saturated rings. The molecule has 0 bridgehead atoms. The number of fused-ring (bicyclic) bond motifs is 3. The van der Waals surface area contributed by atoms with Crippen LogP contribution in [-0.2, 0) is 13.6 Å². The molecule has 152 valence electrons. The SMILES string of the molecule is Cc1c(C)n2c3c(=O)n(CCN4CCCCC4)c(=O)n(C)c3nc2n1C(C)C. The van der Waals surface area contributed by atoms with Crippen LogP contribution in [0.3, 0.4) is 0 Å². The lowest BCUT2D eigenvalue weighted by molar-refractivity contribution is 0.218. The van der Waals surface area contributed by atoms with Crippen molar-refractivity contribution >= 4 is 16.9 Å². The number of nitrogens with zero attached hydrogens (tertiary/aromatic N) is 6. The van der Waals surface area contributed by atoms with Gasteiger partial charge in [0.25, 0.3) is 5.56 Å². The molecule has 0 atom stereocenters. The number of aromatic nitrogens is 5. The highest BCUT2D eigenvalue weighted by atomic mass is 16.2. The fourth-order valence-electron chi connectivity index (χ4n) is 4.51. The van der Waals surface area contributed by atoms with Gasteiger partial charge in [-0.15, -0.1) is 0 Å². The monoisotopic (exact) mass is 386 g/mol. The topological polar surface area (TPSA) is 69.5 Å². The van der Waals surface area contributed by atoms with E-state index in [0.29, 0.717) is 17.7 Å². The molecule has 1 saturated heterocycles. The Hall–Kier alpha value is -2.35. The van der Waals surface area contributed by atoms with Gasteiger partial charge in [-0.05, 0) is 53.6 Å². The van der Waals surface area contributed by atoms with Crippen LogP contribution in [0.4, 0.5) is 0 Å². The summed E-state index contributed by atoms with van der Waals surface area (Å²) >= 11 is 0. The van der Waals surface area contributed by atoms with Crippen molar-refractivity contribution in [1.29, 1.82) is 0 Å². The summed E-state index contributed by atoms with van der Waals surface area (Å²) in [4.78, 5) is 33.3. The van der Waals surface area contributed by atoms with Gasteiger partial charge in [0.1, 0.15) is 0 Å². The molecule has 1 aliphatic rings. The number of aryl methyl sites for hydroxylation is 2. The van der Waals surface area contributed by atoms with E-state index in [2.05, 4.69) is 23.3 Å². The number of hydrogen-bond acceptors (Lipinski definition) is 4. The zero-order chi connectivity index (χ0) is 20.2. The van der Waals surface area contributed by atoms with E-state index in [-0.39, 0.29) is 17.3 Å². The summed E-state index contributed by atoms with van der Waals surface area (Å²) in [5, 5.41) is 0. The minimum atomic E-state index is -0.291. The maximum absolute atomic E-state index is 13.4. The van der Waals surface area contributed by atoms with Crippen molar-refractivity contribution in [1.82, 2.24) is 28.0 Å². The van der Waals surface area contributed by atoms with E-state index in [1.165, 1.54) is 28.4 Å². The fraction of sp³-hybridized carbons (Fsp3) is 0.650. The molecular weight excluding hydrogens is 356 g/mol. The van der Waals surface area contributed by atoms with E-state index in [1.54, 1.807) is 7.05 Å². The Bertz CT molecular complexity index is 1150. The molecule has 4 heterocycles. The van der Waals surface area contributed by atoms with Crippen molar-refractivity contribution in [2.45, 2.75) is 59.5 Å². The predicted molar refractivity (Wildman–Crippen MR) is 110 cm³/mol. The summed E-state index contributed by atoms with van der Waals surface area (Å²) in [6.07, 6.45) is 3.65. The van der Waals surface area contributed by atoms with E-state index in [9.17, 15) is 9.59 Å². The first-order valence-electron chi connectivity index (χ1n) is 10.2. The average molecular weight is 387 g/mol. The number of likely N-dealkylation sites (tertiary alicyclic amines) is 1. The molecule has 3 aromatic rings. The molecule has 0 saturated carbocycles. The third kappa shape index (κ3) is 2.73. The van der Waals surface area contributed by atoms with Gasteiger partial charge < -0.3 is 9.47 Å². The first-order chi connectivity index (χ1) is 13.3. The Morgan fingerprint density at radius 3 is 2.32 bits per heavy atom. The smallest absolute Gasteiger partial charge is 0.311 e. The molecule has 4 rings (SSSR count). The minimum Gasteiger partial charge on any atom is -0.311 e. The Kier molecular flexibility index (Phi) is 4.69. The molecule has 0 radical (unpaired) electrons.